The summed E-state index contributed by atoms with van der Waals surface area (Å²) in [6.45, 7) is -0.196. The van der Waals surface area contributed by atoms with Gasteiger partial charge >= 0.3 is 0 Å². The van der Waals surface area contributed by atoms with E-state index in [4.69, 9.17) is 10.8 Å². The number of aliphatic hydroxyl groups excluding tert-OH is 1. The van der Waals surface area contributed by atoms with Crippen LogP contribution in [0.5, 0.6) is 0 Å². The van der Waals surface area contributed by atoms with Crippen molar-refractivity contribution < 1.29 is 13.9 Å². The molecule has 0 saturated carbocycles. The molecule has 1 aromatic rings. The second-order valence-electron chi connectivity index (χ2n) is 2.92. The molecule has 0 heterocycles. The number of hydrogen-bond acceptors (Lipinski definition) is 2. The van der Waals surface area contributed by atoms with Gasteiger partial charge in [-0.3, -0.25) is 0 Å². The molecule has 2 nitrogen and oxygen atoms in total. The third kappa shape index (κ3) is 3.08. The van der Waals surface area contributed by atoms with Gasteiger partial charge in [0.1, 0.15) is 11.6 Å². The number of nitrogens with two attached hydrogens (primary N) is 1. The van der Waals surface area contributed by atoms with Crippen LogP contribution < -0.4 is 5.73 Å². The molecule has 0 aliphatic heterocycles. The minimum Gasteiger partial charge on any atom is -0.395 e. The molecule has 0 amide bonds. The van der Waals surface area contributed by atoms with Crippen molar-refractivity contribution in [2.24, 2.45) is 5.73 Å². The number of rotatable bonds is 3. The summed E-state index contributed by atoms with van der Waals surface area (Å²) in [6, 6.07) is 2.74. The Morgan fingerprint density at radius 2 is 1.77 bits per heavy atom. The lowest BCUT2D eigenvalue weighted by molar-refractivity contribution is 0.265. The van der Waals surface area contributed by atoms with E-state index in [2.05, 4.69) is 0 Å². The Labute approximate surface area is 75.0 Å². The van der Waals surface area contributed by atoms with Gasteiger partial charge in [-0.05, 0) is 24.1 Å². The molecular weight excluding hydrogens is 176 g/mol. The third-order valence-electron chi connectivity index (χ3n) is 1.65. The minimum absolute atomic E-state index is 0.196. The lowest BCUT2D eigenvalue weighted by Crippen LogP contribution is -2.26. The summed E-state index contributed by atoms with van der Waals surface area (Å²) in [5, 5.41) is 8.62. The first-order chi connectivity index (χ1) is 6.11. The van der Waals surface area contributed by atoms with Crippen LogP contribution in [-0.4, -0.2) is 17.8 Å². The second-order valence-corrected chi connectivity index (χ2v) is 2.92. The largest absolute Gasteiger partial charge is 0.395 e. The van der Waals surface area contributed by atoms with Crippen molar-refractivity contribution in [2.45, 2.75) is 12.5 Å². The number of aliphatic hydroxyl groups is 1. The van der Waals surface area contributed by atoms with Crippen LogP contribution >= 0.6 is 0 Å². The van der Waals surface area contributed by atoms with Crippen LogP contribution in [0.25, 0.3) is 0 Å². The van der Waals surface area contributed by atoms with Gasteiger partial charge in [0.25, 0.3) is 0 Å². The normalized spacial score (nSPS) is 12.9. The Bertz CT molecular complexity index is 271. The first-order valence-corrected chi connectivity index (χ1v) is 3.93. The quantitative estimate of drug-likeness (QED) is 0.736. The van der Waals surface area contributed by atoms with Crippen molar-refractivity contribution in [1.29, 1.82) is 0 Å². The molecule has 0 aliphatic carbocycles. The lowest BCUT2D eigenvalue weighted by Gasteiger charge is -2.07. The molecule has 3 N–H and O–H groups in total. The smallest absolute Gasteiger partial charge is 0.126 e. The standard InChI is InChI=1S/C9H11F2NO/c10-7-1-6(2-8(11)4-7)3-9(12)5-13/h1-2,4,9,13H,3,5,12H2/t9-/m1/s1. The average molecular weight is 187 g/mol. The lowest BCUT2D eigenvalue weighted by atomic mass is 10.1. The van der Waals surface area contributed by atoms with Crippen LogP contribution in [0.3, 0.4) is 0 Å². The molecule has 13 heavy (non-hydrogen) atoms. The van der Waals surface area contributed by atoms with Gasteiger partial charge < -0.3 is 10.8 Å². The van der Waals surface area contributed by atoms with Crippen LogP contribution in [0.1, 0.15) is 5.56 Å². The van der Waals surface area contributed by atoms with Gasteiger partial charge in [0.15, 0.2) is 0 Å². The Balaban J connectivity index is 2.77. The first-order valence-electron chi connectivity index (χ1n) is 3.93. The van der Waals surface area contributed by atoms with Crippen LogP contribution in [-0.2, 0) is 6.42 Å². The van der Waals surface area contributed by atoms with Gasteiger partial charge in [0.2, 0.25) is 0 Å². The monoisotopic (exact) mass is 187 g/mol. The van der Waals surface area contributed by atoms with Crippen LogP contribution in [0.2, 0.25) is 0 Å². The van der Waals surface area contributed by atoms with E-state index >= 15 is 0 Å². The van der Waals surface area contributed by atoms with Crippen molar-refractivity contribution in [3.63, 3.8) is 0 Å². The van der Waals surface area contributed by atoms with Crippen LogP contribution in [0.15, 0.2) is 18.2 Å². The van der Waals surface area contributed by atoms with Crippen molar-refractivity contribution in [3.8, 4) is 0 Å². The van der Waals surface area contributed by atoms with Gasteiger partial charge in [-0.25, -0.2) is 8.78 Å². The summed E-state index contributed by atoms with van der Waals surface area (Å²) in [5.41, 5.74) is 5.87. The van der Waals surface area contributed by atoms with Crippen molar-refractivity contribution in [1.82, 2.24) is 0 Å². The molecule has 0 unspecified atom stereocenters. The van der Waals surface area contributed by atoms with E-state index < -0.39 is 17.7 Å². The first kappa shape index (κ1) is 10.1. The highest BCUT2D eigenvalue weighted by molar-refractivity contribution is 5.18. The highest BCUT2D eigenvalue weighted by atomic mass is 19.1. The summed E-state index contributed by atoms with van der Waals surface area (Å²) in [4.78, 5) is 0. The molecule has 4 heteroatoms. The predicted molar refractivity (Wildman–Crippen MR) is 45.1 cm³/mol. The van der Waals surface area contributed by atoms with Crippen molar-refractivity contribution in [2.75, 3.05) is 6.61 Å². The number of hydrogen-bond donors (Lipinski definition) is 2. The molecule has 1 rings (SSSR count). The van der Waals surface area contributed by atoms with E-state index in [1.807, 2.05) is 0 Å². The molecule has 0 spiro atoms. The summed E-state index contributed by atoms with van der Waals surface area (Å²) in [7, 11) is 0. The van der Waals surface area contributed by atoms with E-state index in [-0.39, 0.29) is 13.0 Å². The molecule has 1 atom stereocenters. The molecule has 72 valence electrons. The highest BCUT2D eigenvalue weighted by Crippen LogP contribution is 2.09. The molecular formula is C9H11F2NO. The van der Waals surface area contributed by atoms with Gasteiger partial charge in [-0.1, -0.05) is 0 Å². The van der Waals surface area contributed by atoms with Crippen molar-refractivity contribution in [3.05, 3.63) is 35.4 Å². The molecule has 0 fully saturated rings. The highest BCUT2D eigenvalue weighted by Gasteiger charge is 2.05. The number of benzene rings is 1. The van der Waals surface area contributed by atoms with E-state index in [0.29, 0.717) is 5.56 Å². The Hall–Kier alpha value is -1.00. The third-order valence-corrected chi connectivity index (χ3v) is 1.65. The summed E-state index contributed by atoms with van der Waals surface area (Å²) in [5.74, 6) is -1.25. The molecule has 0 aromatic heterocycles. The fraction of sp³-hybridized carbons (Fsp3) is 0.333. The van der Waals surface area contributed by atoms with Crippen LogP contribution in [0, 0.1) is 11.6 Å². The summed E-state index contributed by atoms with van der Waals surface area (Å²) < 4.78 is 25.3. The molecule has 1 aromatic carbocycles. The van der Waals surface area contributed by atoms with Crippen molar-refractivity contribution >= 4 is 0 Å². The van der Waals surface area contributed by atoms with E-state index in [9.17, 15) is 8.78 Å². The average Bonchev–Trinajstić information content (AvgIpc) is 2.02. The summed E-state index contributed by atoms with van der Waals surface area (Å²) in [6.07, 6.45) is 0.269. The number of halogens is 2. The Morgan fingerprint density at radius 3 is 2.23 bits per heavy atom. The molecule has 0 saturated heterocycles. The minimum atomic E-state index is -0.625. The zero-order valence-electron chi connectivity index (χ0n) is 7.00. The van der Waals surface area contributed by atoms with E-state index in [0.717, 1.165) is 6.07 Å². The van der Waals surface area contributed by atoms with Gasteiger partial charge in [0.05, 0.1) is 6.61 Å². The molecule has 0 radical (unpaired) electrons. The van der Waals surface area contributed by atoms with E-state index in [1.54, 1.807) is 0 Å². The van der Waals surface area contributed by atoms with Crippen LogP contribution in [0.4, 0.5) is 8.78 Å². The van der Waals surface area contributed by atoms with Gasteiger partial charge in [0, 0.05) is 12.1 Å². The fourth-order valence-electron chi connectivity index (χ4n) is 1.10. The Kier molecular flexibility index (Phi) is 3.33. The molecule has 0 bridgehead atoms. The zero-order valence-corrected chi connectivity index (χ0v) is 7.00. The molecule has 0 aliphatic rings. The second kappa shape index (κ2) is 4.30. The topological polar surface area (TPSA) is 46.2 Å². The van der Waals surface area contributed by atoms with Gasteiger partial charge in [-0.2, -0.15) is 0 Å². The Morgan fingerprint density at radius 1 is 1.23 bits per heavy atom. The SMILES string of the molecule is N[C@@H](CO)Cc1cc(F)cc(F)c1. The summed E-state index contributed by atoms with van der Waals surface area (Å²) >= 11 is 0. The van der Waals surface area contributed by atoms with E-state index in [1.165, 1.54) is 12.1 Å². The maximum Gasteiger partial charge on any atom is 0.126 e. The fourth-order valence-corrected chi connectivity index (χ4v) is 1.10. The maximum absolute atomic E-state index is 12.6. The maximum atomic E-state index is 12.6. The predicted octanol–water partition coefficient (Wildman–Crippen LogP) is 0.827. The van der Waals surface area contributed by atoms with Gasteiger partial charge in [-0.15, -0.1) is 0 Å². The zero-order chi connectivity index (χ0) is 9.84.